The number of hydrogen-bond acceptors (Lipinski definition) is 3. The minimum Gasteiger partial charge on any atom is -0.449 e. The molecule has 0 radical (unpaired) electrons. The number of nitro groups is 1. The lowest BCUT2D eigenvalue weighted by molar-refractivity contribution is -0.385. The predicted molar refractivity (Wildman–Crippen MR) is 72.2 cm³/mol. The Balaban J connectivity index is 2.50. The third kappa shape index (κ3) is 3.05. The Morgan fingerprint density at radius 1 is 1.20 bits per heavy atom. The zero-order valence-corrected chi connectivity index (χ0v) is 11.9. The van der Waals surface area contributed by atoms with Gasteiger partial charge in [-0.15, -0.1) is 0 Å². The van der Waals surface area contributed by atoms with Crippen molar-refractivity contribution in [3.63, 3.8) is 0 Å². The van der Waals surface area contributed by atoms with Crippen molar-refractivity contribution < 1.29 is 18.4 Å². The van der Waals surface area contributed by atoms with Crippen LogP contribution in [0.5, 0.6) is 11.5 Å². The van der Waals surface area contributed by atoms with Gasteiger partial charge in [0.05, 0.1) is 20.5 Å². The van der Waals surface area contributed by atoms with Gasteiger partial charge in [-0.2, -0.15) is 0 Å². The number of nitrogens with zero attached hydrogens (tertiary/aromatic N) is 1. The van der Waals surface area contributed by atoms with Crippen LogP contribution in [0.2, 0.25) is 5.02 Å². The monoisotopic (exact) mass is 363 g/mol. The molecule has 0 saturated heterocycles. The molecule has 0 saturated carbocycles. The first-order chi connectivity index (χ1) is 9.38. The van der Waals surface area contributed by atoms with Gasteiger partial charge in [0.2, 0.25) is 5.75 Å². The Morgan fingerprint density at radius 3 is 2.55 bits per heavy atom. The first kappa shape index (κ1) is 14.7. The topological polar surface area (TPSA) is 52.4 Å². The highest BCUT2D eigenvalue weighted by molar-refractivity contribution is 9.10. The van der Waals surface area contributed by atoms with Gasteiger partial charge in [-0.3, -0.25) is 10.1 Å². The van der Waals surface area contributed by atoms with E-state index in [1.165, 1.54) is 12.1 Å². The molecule has 2 aromatic carbocycles. The Morgan fingerprint density at radius 2 is 1.90 bits per heavy atom. The van der Waals surface area contributed by atoms with Crippen LogP contribution in [0.1, 0.15) is 0 Å². The summed E-state index contributed by atoms with van der Waals surface area (Å²) in [5.41, 5.74) is -0.608. The normalized spacial score (nSPS) is 10.4. The van der Waals surface area contributed by atoms with Crippen LogP contribution in [-0.4, -0.2) is 4.92 Å². The van der Waals surface area contributed by atoms with E-state index in [-0.39, 0.29) is 16.5 Å². The number of hydrogen-bond donors (Lipinski definition) is 0. The van der Waals surface area contributed by atoms with Gasteiger partial charge in [0.15, 0.2) is 0 Å². The Labute approximate surface area is 125 Å². The van der Waals surface area contributed by atoms with Crippen molar-refractivity contribution in [3.8, 4) is 11.5 Å². The fourth-order valence-corrected chi connectivity index (χ4v) is 1.90. The third-order valence-corrected chi connectivity index (χ3v) is 3.26. The highest BCUT2D eigenvalue weighted by Gasteiger charge is 2.20. The summed E-state index contributed by atoms with van der Waals surface area (Å²) in [6.07, 6.45) is 0. The smallest absolute Gasteiger partial charge is 0.314 e. The molecule has 4 nitrogen and oxygen atoms in total. The molecule has 0 unspecified atom stereocenters. The van der Waals surface area contributed by atoms with Gasteiger partial charge in [-0.05, 0) is 28.1 Å². The van der Waals surface area contributed by atoms with E-state index in [1.54, 1.807) is 0 Å². The number of ether oxygens (including phenoxy) is 1. The maximum Gasteiger partial charge on any atom is 0.314 e. The van der Waals surface area contributed by atoms with Crippen LogP contribution < -0.4 is 4.74 Å². The van der Waals surface area contributed by atoms with Gasteiger partial charge >= 0.3 is 5.69 Å². The van der Waals surface area contributed by atoms with Gasteiger partial charge < -0.3 is 4.74 Å². The summed E-state index contributed by atoms with van der Waals surface area (Å²) in [6, 6.07) is 5.20. The molecule has 2 aromatic rings. The summed E-state index contributed by atoms with van der Waals surface area (Å²) >= 11 is 8.68. The van der Waals surface area contributed by atoms with E-state index in [1.807, 2.05) is 0 Å². The van der Waals surface area contributed by atoms with Crippen LogP contribution in [-0.2, 0) is 0 Å². The SMILES string of the molecule is O=[N+]([O-])c1cc(F)c(Cl)cc1Oc1cc(F)ccc1Br. The summed E-state index contributed by atoms with van der Waals surface area (Å²) in [5, 5.41) is 10.5. The van der Waals surface area contributed by atoms with E-state index in [2.05, 4.69) is 15.9 Å². The van der Waals surface area contributed by atoms with Crippen molar-refractivity contribution in [1.29, 1.82) is 0 Å². The highest BCUT2D eigenvalue weighted by Crippen LogP contribution is 2.38. The lowest BCUT2D eigenvalue weighted by Gasteiger charge is -2.09. The minimum atomic E-state index is -0.941. The molecule has 0 aliphatic heterocycles. The molecule has 0 bridgehead atoms. The first-order valence-corrected chi connectivity index (χ1v) is 6.32. The molecule has 104 valence electrons. The molecule has 0 spiro atoms. The average Bonchev–Trinajstić information content (AvgIpc) is 2.37. The number of rotatable bonds is 3. The Kier molecular flexibility index (Phi) is 4.20. The zero-order chi connectivity index (χ0) is 14.9. The van der Waals surface area contributed by atoms with Crippen molar-refractivity contribution in [3.05, 3.63) is 61.6 Å². The van der Waals surface area contributed by atoms with Crippen molar-refractivity contribution in [2.45, 2.75) is 0 Å². The van der Waals surface area contributed by atoms with E-state index in [4.69, 9.17) is 16.3 Å². The summed E-state index contributed by atoms with van der Waals surface area (Å²) in [5.74, 6) is -1.80. The maximum absolute atomic E-state index is 13.2. The van der Waals surface area contributed by atoms with E-state index in [0.717, 1.165) is 12.1 Å². The summed E-state index contributed by atoms with van der Waals surface area (Å²) in [4.78, 5) is 10.0. The van der Waals surface area contributed by atoms with Gasteiger partial charge in [0.1, 0.15) is 17.4 Å². The molecule has 0 amide bonds. The molecule has 0 aliphatic carbocycles. The number of halogens is 4. The van der Waals surface area contributed by atoms with Crippen LogP contribution in [0, 0.1) is 21.7 Å². The second-order valence-electron chi connectivity index (χ2n) is 3.67. The Hall–Kier alpha value is -1.73. The largest absolute Gasteiger partial charge is 0.449 e. The van der Waals surface area contributed by atoms with Gasteiger partial charge in [-0.1, -0.05) is 11.6 Å². The van der Waals surface area contributed by atoms with E-state index in [0.29, 0.717) is 10.5 Å². The molecule has 0 aromatic heterocycles. The maximum atomic E-state index is 13.2. The molecule has 0 aliphatic rings. The fourth-order valence-electron chi connectivity index (χ4n) is 1.42. The van der Waals surface area contributed by atoms with Gasteiger partial charge in [0, 0.05) is 12.1 Å². The minimum absolute atomic E-state index is 0.00998. The second-order valence-corrected chi connectivity index (χ2v) is 4.93. The number of benzene rings is 2. The molecule has 2 rings (SSSR count). The van der Waals surface area contributed by atoms with E-state index >= 15 is 0 Å². The molecule has 8 heteroatoms. The fraction of sp³-hybridized carbons (Fsp3) is 0. The van der Waals surface area contributed by atoms with Crippen molar-refractivity contribution in [2.24, 2.45) is 0 Å². The van der Waals surface area contributed by atoms with Crippen molar-refractivity contribution in [2.75, 3.05) is 0 Å². The molecule has 0 N–H and O–H groups in total. The van der Waals surface area contributed by atoms with Crippen LogP contribution in [0.15, 0.2) is 34.8 Å². The molecular weight excluding hydrogens is 359 g/mol. The third-order valence-electron chi connectivity index (χ3n) is 2.31. The molecule has 0 heterocycles. The lowest BCUT2D eigenvalue weighted by Crippen LogP contribution is -1.96. The van der Waals surface area contributed by atoms with Crippen molar-refractivity contribution >= 4 is 33.2 Å². The molecule has 20 heavy (non-hydrogen) atoms. The van der Waals surface area contributed by atoms with Crippen LogP contribution in [0.25, 0.3) is 0 Å². The average molecular weight is 365 g/mol. The second kappa shape index (κ2) is 5.72. The predicted octanol–water partition coefficient (Wildman–Crippen LogP) is 5.08. The van der Waals surface area contributed by atoms with E-state index < -0.39 is 22.2 Å². The molecule has 0 fully saturated rings. The molecule has 0 atom stereocenters. The van der Waals surface area contributed by atoms with Gasteiger partial charge in [-0.25, -0.2) is 8.78 Å². The quantitative estimate of drug-likeness (QED) is 0.563. The number of nitro benzene ring substituents is 1. The van der Waals surface area contributed by atoms with Crippen LogP contribution in [0.4, 0.5) is 14.5 Å². The van der Waals surface area contributed by atoms with E-state index in [9.17, 15) is 18.9 Å². The lowest BCUT2D eigenvalue weighted by atomic mass is 10.2. The van der Waals surface area contributed by atoms with Crippen molar-refractivity contribution in [1.82, 2.24) is 0 Å². The Bertz CT molecular complexity index is 697. The summed E-state index contributed by atoms with van der Waals surface area (Å²) in [6.45, 7) is 0. The summed E-state index contributed by atoms with van der Waals surface area (Å²) in [7, 11) is 0. The zero-order valence-electron chi connectivity index (χ0n) is 9.57. The molecular formula is C12H5BrClF2NO3. The first-order valence-electron chi connectivity index (χ1n) is 5.15. The van der Waals surface area contributed by atoms with Gasteiger partial charge in [0.25, 0.3) is 0 Å². The standard InChI is InChI=1S/C12H5BrClF2NO3/c13-7-2-1-6(15)3-11(7)20-12-4-8(14)9(16)5-10(12)17(18)19/h1-5H. The highest BCUT2D eigenvalue weighted by atomic mass is 79.9. The van der Waals surface area contributed by atoms with Crippen LogP contribution in [0.3, 0.4) is 0 Å². The summed E-state index contributed by atoms with van der Waals surface area (Å²) < 4.78 is 32.0. The van der Waals surface area contributed by atoms with Crippen LogP contribution >= 0.6 is 27.5 Å².